The van der Waals surface area contributed by atoms with Crippen LogP contribution in [0, 0.1) is 0 Å². The van der Waals surface area contributed by atoms with Crippen LogP contribution in [0.4, 0.5) is 0 Å². The summed E-state index contributed by atoms with van der Waals surface area (Å²) in [5.74, 6) is 0.303. The van der Waals surface area contributed by atoms with Crippen LogP contribution in [0.2, 0.25) is 0 Å². The second-order valence-electron chi connectivity index (χ2n) is 4.99. The Labute approximate surface area is 111 Å². The van der Waals surface area contributed by atoms with Gasteiger partial charge in [0, 0.05) is 24.0 Å². The monoisotopic (exact) mass is 250 g/mol. The smallest absolute Gasteiger partial charge is 0.115 e. The molecule has 0 bridgehead atoms. The largest absolute Gasteiger partial charge is 0.508 e. The molecule has 0 spiro atoms. The van der Waals surface area contributed by atoms with E-state index >= 15 is 0 Å². The molecule has 0 radical (unpaired) electrons. The molecule has 3 nitrogen and oxygen atoms in total. The molecule has 4 rings (SSSR count). The van der Waals surface area contributed by atoms with Gasteiger partial charge in [0.25, 0.3) is 0 Å². The Kier molecular flexibility index (Phi) is 2.15. The topological polar surface area (TPSA) is 38.0 Å². The first-order chi connectivity index (χ1) is 9.34. The van der Waals surface area contributed by atoms with Crippen molar-refractivity contribution in [2.45, 2.75) is 19.4 Å². The van der Waals surface area contributed by atoms with E-state index in [9.17, 15) is 5.11 Å². The number of hydrogen-bond donors (Lipinski definition) is 1. The average Bonchev–Trinajstić information content (AvgIpc) is 3.00. The molecule has 3 heteroatoms. The van der Waals surface area contributed by atoms with Crippen molar-refractivity contribution in [1.82, 2.24) is 9.55 Å². The molecular weight excluding hydrogens is 236 g/mol. The van der Waals surface area contributed by atoms with Gasteiger partial charge in [0.2, 0.25) is 0 Å². The maximum Gasteiger partial charge on any atom is 0.115 e. The molecule has 2 aromatic heterocycles. The number of hydrogen-bond acceptors (Lipinski definition) is 2. The van der Waals surface area contributed by atoms with Crippen molar-refractivity contribution in [2.75, 3.05) is 0 Å². The van der Waals surface area contributed by atoms with Crippen molar-refractivity contribution < 1.29 is 5.11 Å². The quantitative estimate of drug-likeness (QED) is 0.719. The molecule has 1 aliphatic heterocycles. The summed E-state index contributed by atoms with van der Waals surface area (Å²) in [5.41, 5.74) is 6.03. The summed E-state index contributed by atoms with van der Waals surface area (Å²) in [4.78, 5) is 4.56. The Morgan fingerprint density at radius 1 is 1.11 bits per heavy atom. The van der Waals surface area contributed by atoms with Crippen LogP contribution in [0.25, 0.3) is 22.2 Å². The summed E-state index contributed by atoms with van der Waals surface area (Å²) >= 11 is 0. The van der Waals surface area contributed by atoms with Crippen molar-refractivity contribution in [1.29, 1.82) is 0 Å². The summed E-state index contributed by atoms with van der Waals surface area (Å²) < 4.78 is 2.38. The Hall–Kier alpha value is -2.29. The number of nitrogens with zero attached hydrogens (tertiary/aromatic N) is 2. The summed E-state index contributed by atoms with van der Waals surface area (Å²) in [6.07, 6.45) is 4.15. The normalized spacial score (nSPS) is 13.9. The molecule has 3 aromatic rings. The highest BCUT2D eigenvalue weighted by Crippen LogP contribution is 2.37. The summed E-state index contributed by atoms with van der Waals surface area (Å²) in [7, 11) is 0. The molecule has 19 heavy (non-hydrogen) atoms. The Bertz CT molecular complexity index is 756. The van der Waals surface area contributed by atoms with Crippen LogP contribution < -0.4 is 0 Å². The first-order valence-corrected chi connectivity index (χ1v) is 6.60. The molecule has 0 amide bonds. The zero-order chi connectivity index (χ0) is 12.8. The van der Waals surface area contributed by atoms with E-state index in [4.69, 9.17) is 0 Å². The highest BCUT2D eigenvalue weighted by molar-refractivity contribution is 5.95. The predicted molar refractivity (Wildman–Crippen MR) is 75.2 cm³/mol. The number of rotatable bonds is 1. The first kappa shape index (κ1) is 10.6. The molecule has 0 aliphatic carbocycles. The van der Waals surface area contributed by atoms with E-state index in [1.165, 1.54) is 23.2 Å². The van der Waals surface area contributed by atoms with Crippen LogP contribution in [-0.2, 0) is 13.0 Å². The zero-order valence-electron chi connectivity index (χ0n) is 10.5. The van der Waals surface area contributed by atoms with E-state index in [0.717, 1.165) is 24.0 Å². The highest BCUT2D eigenvalue weighted by atomic mass is 16.3. The third-order valence-electron chi connectivity index (χ3n) is 3.88. The zero-order valence-corrected chi connectivity index (χ0v) is 10.5. The maximum atomic E-state index is 9.44. The third-order valence-corrected chi connectivity index (χ3v) is 3.88. The van der Waals surface area contributed by atoms with E-state index in [2.05, 4.69) is 15.6 Å². The number of phenols is 1. The van der Waals surface area contributed by atoms with Gasteiger partial charge in [-0.25, -0.2) is 0 Å². The average molecular weight is 250 g/mol. The fourth-order valence-corrected chi connectivity index (χ4v) is 3.08. The highest BCUT2D eigenvalue weighted by Gasteiger charge is 2.22. The second kappa shape index (κ2) is 3.85. The van der Waals surface area contributed by atoms with Crippen LogP contribution in [0.15, 0.2) is 42.6 Å². The van der Waals surface area contributed by atoms with Gasteiger partial charge < -0.3 is 9.67 Å². The predicted octanol–water partition coefficient (Wildman–Crippen LogP) is 3.36. The van der Waals surface area contributed by atoms with Gasteiger partial charge in [0.05, 0.1) is 11.0 Å². The molecule has 0 atom stereocenters. The minimum atomic E-state index is 0.303. The number of phenolic OH excluding ortho intramolecular Hbond substituents is 1. The van der Waals surface area contributed by atoms with Crippen LogP contribution in [-0.4, -0.2) is 14.7 Å². The van der Waals surface area contributed by atoms with Gasteiger partial charge in [0.15, 0.2) is 0 Å². The summed E-state index contributed by atoms with van der Waals surface area (Å²) in [6.45, 7) is 1.08. The van der Waals surface area contributed by atoms with Gasteiger partial charge in [-0.15, -0.1) is 0 Å². The van der Waals surface area contributed by atoms with Crippen LogP contribution in [0.3, 0.4) is 0 Å². The Balaban J connectivity index is 2.06. The van der Waals surface area contributed by atoms with Crippen LogP contribution in [0.1, 0.15) is 12.1 Å². The lowest BCUT2D eigenvalue weighted by Crippen LogP contribution is -1.90. The number of aromatic nitrogens is 2. The second-order valence-corrected chi connectivity index (χ2v) is 4.99. The van der Waals surface area contributed by atoms with Gasteiger partial charge in [-0.05, 0) is 42.7 Å². The Morgan fingerprint density at radius 3 is 2.79 bits per heavy atom. The number of pyridine rings is 1. The lowest BCUT2D eigenvalue weighted by molar-refractivity contribution is 0.475. The number of aryl methyl sites for hydroxylation is 1. The van der Waals surface area contributed by atoms with E-state index in [-0.39, 0.29) is 0 Å². The number of fused-ring (bicyclic) bond motifs is 3. The fraction of sp³-hybridized carbons (Fsp3) is 0.188. The molecule has 0 saturated carbocycles. The summed E-state index contributed by atoms with van der Waals surface area (Å²) in [5, 5.41) is 9.44. The van der Waals surface area contributed by atoms with Crippen LogP contribution in [0.5, 0.6) is 5.75 Å². The molecule has 3 heterocycles. The fourth-order valence-electron chi connectivity index (χ4n) is 3.08. The van der Waals surface area contributed by atoms with Gasteiger partial charge in [-0.3, -0.25) is 4.98 Å². The van der Waals surface area contributed by atoms with E-state index in [1.807, 2.05) is 24.4 Å². The number of aromatic hydroxyl groups is 1. The van der Waals surface area contributed by atoms with E-state index in [1.54, 1.807) is 12.1 Å². The maximum absolute atomic E-state index is 9.44. The lowest BCUT2D eigenvalue weighted by Gasteiger charge is -2.03. The standard InChI is InChI=1S/C16H14N2O/c19-12-7-5-11(6-8-12)15-13-4-2-10-18(13)14-3-1-9-17-16(14)15/h1,3,5-9,19H,2,4,10H2. The van der Waals surface area contributed by atoms with E-state index in [0.29, 0.717) is 5.75 Å². The van der Waals surface area contributed by atoms with Gasteiger partial charge in [-0.1, -0.05) is 12.1 Å². The van der Waals surface area contributed by atoms with Crippen molar-refractivity contribution in [3.8, 4) is 16.9 Å². The van der Waals surface area contributed by atoms with Crippen molar-refractivity contribution >= 4 is 11.0 Å². The van der Waals surface area contributed by atoms with Gasteiger partial charge in [0.1, 0.15) is 5.75 Å². The number of benzene rings is 1. The Morgan fingerprint density at radius 2 is 1.95 bits per heavy atom. The summed E-state index contributed by atoms with van der Waals surface area (Å²) in [6, 6.07) is 11.6. The van der Waals surface area contributed by atoms with Crippen molar-refractivity contribution in [3.63, 3.8) is 0 Å². The molecule has 0 saturated heterocycles. The van der Waals surface area contributed by atoms with Crippen molar-refractivity contribution in [2.24, 2.45) is 0 Å². The third kappa shape index (κ3) is 1.48. The minimum Gasteiger partial charge on any atom is -0.508 e. The molecule has 0 fully saturated rings. The molecule has 1 aromatic carbocycles. The first-order valence-electron chi connectivity index (χ1n) is 6.60. The molecule has 0 unspecified atom stereocenters. The molecule has 1 aliphatic rings. The molecule has 1 N–H and O–H groups in total. The molecular formula is C16H14N2O. The van der Waals surface area contributed by atoms with Gasteiger partial charge in [-0.2, -0.15) is 0 Å². The van der Waals surface area contributed by atoms with Crippen LogP contribution >= 0.6 is 0 Å². The van der Waals surface area contributed by atoms with Crippen molar-refractivity contribution in [3.05, 3.63) is 48.3 Å². The molecule has 94 valence electrons. The SMILES string of the molecule is Oc1ccc(-c2c3n(c4cccnc24)CCC3)cc1. The van der Waals surface area contributed by atoms with E-state index < -0.39 is 0 Å². The lowest BCUT2D eigenvalue weighted by atomic mass is 10.0. The van der Waals surface area contributed by atoms with Gasteiger partial charge >= 0.3 is 0 Å². The minimum absolute atomic E-state index is 0.303.